The summed E-state index contributed by atoms with van der Waals surface area (Å²) in [7, 11) is 1.40. The number of hydrogen-bond acceptors (Lipinski definition) is 3. The van der Waals surface area contributed by atoms with E-state index in [4.69, 9.17) is 0 Å². The number of nitrogens with zero attached hydrogens (tertiary/aromatic N) is 1. The summed E-state index contributed by atoms with van der Waals surface area (Å²) < 4.78 is 4.49. The molecule has 0 radical (unpaired) electrons. The molecule has 0 saturated heterocycles. The van der Waals surface area contributed by atoms with Crippen molar-refractivity contribution in [2.24, 2.45) is 4.99 Å². The van der Waals surface area contributed by atoms with E-state index in [0.29, 0.717) is 6.42 Å². The van der Waals surface area contributed by atoms with E-state index in [9.17, 15) is 4.79 Å². The fourth-order valence-electron chi connectivity index (χ4n) is 0.982. The molecule has 0 amide bonds. The van der Waals surface area contributed by atoms with Crippen molar-refractivity contribution in [3.05, 3.63) is 0 Å². The second kappa shape index (κ2) is 3.34. The highest BCUT2D eigenvalue weighted by atomic mass is 16.5. The molecular formula is C7H11NO2. The molecule has 10 heavy (non-hydrogen) atoms. The molecule has 0 aromatic carbocycles. The molecular weight excluding hydrogens is 130 g/mol. The number of rotatable bonds is 2. The summed E-state index contributed by atoms with van der Waals surface area (Å²) in [6.07, 6.45) is 2.44. The molecule has 1 heterocycles. The Kier molecular flexibility index (Phi) is 2.42. The third kappa shape index (κ3) is 1.83. The molecule has 0 bridgehead atoms. The first kappa shape index (κ1) is 7.25. The Morgan fingerprint density at radius 3 is 3.10 bits per heavy atom. The zero-order chi connectivity index (χ0) is 7.40. The standard InChI is InChI=1S/C7H11NO2/c1-10-7(9)5-6-3-2-4-8-6/h2-5H2,1H3. The van der Waals surface area contributed by atoms with Gasteiger partial charge in [0.1, 0.15) is 0 Å². The smallest absolute Gasteiger partial charge is 0.311 e. The highest BCUT2D eigenvalue weighted by Crippen LogP contribution is 2.06. The van der Waals surface area contributed by atoms with Gasteiger partial charge in [0.05, 0.1) is 13.5 Å². The molecule has 0 fully saturated rings. The molecule has 0 N–H and O–H groups in total. The van der Waals surface area contributed by atoms with Crippen LogP contribution in [0.1, 0.15) is 19.3 Å². The summed E-state index contributed by atoms with van der Waals surface area (Å²) in [4.78, 5) is 14.8. The number of esters is 1. The first-order valence-electron chi connectivity index (χ1n) is 3.42. The highest BCUT2D eigenvalue weighted by Gasteiger charge is 2.10. The maximum Gasteiger partial charge on any atom is 0.311 e. The summed E-state index contributed by atoms with van der Waals surface area (Å²) in [5.74, 6) is -0.180. The first-order chi connectivity index (χ1) is 4.83. The molecule has 0 aliphatic carbocycles. The summed E-state index contributed by atoms with van der Waals surface area (Å²) >= 11 is 0. The lowest BCUT2D eigenvalue weighted by Gasteiger charge is -1.96. The van der Waals surface area contributed by atoms with Crippen molar-refractivity contribution < 1.29 is 9.53 Å². The highest BCUT2D eigenvalue weighted by molar-refractivity contribution is 5.99. The van der Waals surface area contributed by atoms with Gasteiger partial charge in [-0.1, -0.05) is 0 Å². The van der Waals surface area contributed by atoms with Crippen LogP contribution in [0.5, 0.6) is 0 Å². The Hall–Kier alpha value is -0.860. The van der Waals surface area contributed by atoms with E-state index in [-0.39, 0.29) is 5.97 Å². The lowest BCUT2D eigenvalue weighted by Crippen LogP contribution is -2.06. The molecule has 0 saturated carbocycles. The molecule has 1 aliphatic rings. The molecule has 56 valence electrons. The van der Waals surface area contributed by atoms with Gasteiger partial charge in [0.25, 0.3) is 0 Å². The molecule has 1 rings (SSSR count). The van der Waals surface area contributed by atoms with Gasteiger partial charge in [-0.3, -0.25) is 9.79 Å². The Labute approximate surface area is 60.1 Å². The van der Waals surface area contributed by atoms with E-state index in [0.717, 1.165) is 25.1 Å². The van der Waals surface area contributed by atoms with Gasteiger partial charge in [-0.2, -0.15) is 0 Å². The van der Waals surface area contributed by atoms with Crippen LogP contribution in [0.15, 0.2) is 4.99 Å². The third-order valence-corrected chi connectivity index (χ3v) is 1.53. The van der Waals surface area contributed by atoms with Crippen LogP contribution < -0.4 is 0 Å². The summed E-state index contributed by atoms with van der Waals surface area (Å²) in [6, 6.07) is 0. The first-order valence-corrected chi connectivity index (χ1v) is 3.42. The molecule has 1 aliphatic heterocycles. The van der Waals surface area contributed by atoms with Crippen LogP contribution in [0.3, 0.4) is 0 Å². The predicted molar refractivity (Wildman–Crippen MR) is 38.2 cm³/mol. The predicted octanol–water partition coefficient (Wildman–Crippen LogP) is 0.784. The Balaban J connectivity index is 2.30. The topological polar surface area (TPSA) is 38.7 Å². The minimum absolute atomic E-state index is 0.180. The van der Waals surface area contributed by atoms with Crippen molar-refractivity contribution >= 4 is 11.7 Å². The number of carbonyl (C=O) groups excluding carboxylic acids is 1. The van der Waals surface area contributed by atoms with E-state index >= 15 is 0 Å². The number of aliphatic imine (C=N–C) groups is 1. The fraction of sp³-hybridized carbons (Fsp3) is 0.714. The number of ether oxygens (including phenoxy) is 1. The van der Waals surface area contributed by atoms with Crippen LogP contribution >= 0.6 is 0 Å². The molecule has 0 unspecified atom stereocenters. The Morgan fingerprint density at radius 2 is 2.60 bits per heavy atom. The maximum atomic E-state index is 10.7. The monoisotopic (exact) mass is 141 g/mol. The van der Waals surface area contributed by atoms with Crippen LogP contribution in [0, 0.1) is 0 Å². The minimum Gasteiger partial charge on any atom is -0.469 e. The molecule has 3 heteroatoms. The van der Waals surface area contributed by atoms with Gasteiger partial charge in [-0.15, -0.1) is 0 Å². The maximum absolute atomic E-state index is 10.7. The lowest BCUT2D eigenvalue weighted by atomic mass is 10.2. The van der Waals surface area contributed by atoms with E-state index in [1.807, 2.05) is 0 Å². The second-order valence-corrected chi connectivity index (χ2v) is 2.30. The molecule has 0 atom stereocenters. The Morgan fingerprint density at radius 1 is 1.80 bits per heavy atom. The molecule has 0 aromatic heterocycles. The summed E-state index contributed by atoms with van der Waals surface area (Å²) in [5.41, 5.74) is 0.992. The van der Waals surface area contributed by atoms with Crippen LogP contribution in [-0.4, -0.2) is 25.3 Å². The zero-order valence-electron chi connectivity index (χ0n) is 6.09. The average Bonchev–Trinajstić information content (AvgIpc) is 2.40. The molecule has 3 nitrogen and oxygen atoms in total. The average molecular weight is 141 g/mol. The SMILES string of the molecule is COC(=O)CC1=NCCC1. The van der Waals surface area contributed by atoms with Gasteiger partial charge in [-0.25, -0.2) is 0 Å². The van der Waals surface area contributed by atoms with Gasteiger partial charge in [0.15, 0.2) is 0 Å². The van der Waals surface area contributed by atoms with Crippen molar-refractivity contribution in [2.75, 3.05) is 13.7 Å². The van der Waals surface area contributed by atoms with Gasteiger partial charge in [0.2, 0.25) is 0 Å². The van der Waals surface area contributed by atoms with Crippen LogP contribution in [-0.2, 0) is 9.53 Å². The van der Waals surface area contributed by atoms with Gasteiger partial charge >= 0.3 is 5.97 Å². The number of methoxy groups -OCH3 is 1. The van der Waals surface area contributed by atoms with E-state index in [1.54, 1.807) is 0 Å². The van der Waals surface area contributed by atoms with Crippen LogP contribution in [0.4, 0.5) is 0 Å². The quantitative estimate of drug-likeness (QED) is 0.533. The van der Waals surface area contributed by atoms with Crippen LogP contribution in [0.25, 0.3) is 0 Å². The molecule has 0 spiro atoms. The fourth-order valence-corrected chi connectivity index (χ4v) is 0.982. The third-order valence-electron chi connectivity index (χ3n) is 1.53. The second-order valence-electron chi connectivity index (χ2n) is 2.30. The van der Waals surface area contributed by atoms with Gasteiger partial charge in [0, 0.05) is 12.3 Å². The summed E-state index contributed by atoms with van der Waals surface area (Å²) in [6.45, 7) is 0.881. The summed E-state index contributed by atoms with van der Waals surface area (Å²) in [5, 5.41) is 0. The lowest BCUT2D eigenvalue weighted by molar-refractivity contribution is -0.139. The minimum atomic E-state index is -0.180. The Bertz CT molecular complexity index is 163. The van der Waals surface area contributed by atoms with Gasteiger partial charge in [-0.05, 0) is 12.8 Å². The normalized spacial score (nSPS) is 16.7. The van der Waals surface area contributed by atoms with Crippen molar-refractivity contribution in [1.82, 2.24) is 0 Å². The number of carbonyl (C=O) groups is 1. The van der Waals surface area contributed by atoms with E-state index in [2.05, 4.69) is 9.73 Å². The van der Waals surface area contributed by atoms with Crippen molar-refractivity contribution in [3.8, 4) is 0 Å². The largest absolute Gasteiger partial charge is 0.469 e. The van der Waals surface area contributed by atoms with Crippen LogP contribution in [0.2, 0.25) is 0 Å². The van der Waals surface area contributed by atoms with E-state index < -0.39 is 0 Å². The van der Waals surface area contributed by atoms with Crippen molar-refractivity contribution in [2.45, 2.75) is 19.3 Å². The number of hydrogen-bond donors (Lipinski definition) is 0. The molecule has 0 aromatic rings. The van der Waals surface area contributed by atoms with Gasteiger partial charge < -0.3 is 4.74 Å². The van der Waals surface area contributed by atoms with Crippen molar-refractivity contribution in [3.63, 3.8) is 0 Å². The van der Waals surface area contributed by atoms with Crippen molar-refractivity contribution in [1.29, 1.82) is 0 Å². The van der Waals surface area contributed by atoms with E-state index in [1.165, 1.54) is 7.11 Å². The zero-order valence-corrected chi connectivity index (χ0v) is 6.09.